The smallest absolute Gasteiger partial charge is 0.357 e. The highest BCUT2D eigenvalue weighted by atomic mass is 32.1. The SMILES string of the molecule is CCNC(=NCc1nnc2n1CCCCC2)NCCc1nc(C(F)(F)F)cs1. The van der Waals surface area contributed by atoms with Crippen LogP contribution in [0.2, 0.25) is 0 Å². The van der Waals surface area contributed by atoms with Gasteiger partial charge in [-0.2, -0.15) is 13.2 Å². The summed E-state index contributed by atoms with van der Waals surface area (Å²) in [5.41, 5.74) is -0.833. The molecule has 0 saturated carbocycles. The van der Waals surface area contributed by atoms with E-state index in [2.05, 4.69) is 35.4 Å². The van der Waals surface area contributed by atoms with Crippen LogP contribution in [0.3, 0.4) is 0 Å². The predicted octanol–water partition coefficient (Wildman–Crippen LogP) is 2.78. The van der Waals surface area contributed by atoms with Gasteiger partial charge < -0.3 is 15.2 Å². The number of aryl methyl sites for hydroxylation is 1. The van der Waals surface area contributed by atoms with E-state index < -0.39 is 11.9 Å². The second-order valence-electron chi connectivity index (χ2n) is 6.49. The fourth-order valence-electron chi connectivity index (χ4n) is 3.00. The molecule has 1 aliphatic rings. The van der Waals surface area contributed by atoms with Crippen LogP contribution in [0.5, 0.6) is 0 Å². The second-order valence-corrected chi connectivity index (χ2v) is 7.43. The minimum atomic E-state index is -4.39. The Balaban J connectivity index is 1.56. The fourth-order valence-corrected chi connectivity index (χ4v) is 3.80. The van der Waals surface area contributed by atoms with Gasteiger partial charge in [0, 0.05) is 37.9 Å². The Bertz CT molecular complexity index is 797. The zero-order chi connectivity index (χ0) is 20.0. The van der Waals surface area contributed by atoms with Gasteiger partial charge in [-0.25, -0.2) is 9.98 Å². The molecule has 3 rings (SSSR count). The molecule has 3 heterocycles. The van der Waals surface area contributed by atoms with Crippen molar-refractivity contribution in [3.63, 3.8) is 0 Å². The molecule has 2 aromatic heterocycles. The van der Waals surface area contributed by atoms with Crippen molar-refractivity contribution >= 4 is 17.3 Å². The number of nitrogens with one attached hydrogen (secondary N) is 2. The molecule has 1 aliphatic heterocycles. The average Bonchev–Trinajstić information content (AvgIpc) is 3.21. The first kappa shape index (κ1) is 20.6. The lowest BCUT2D eigenvalue weighted by molar-refractivity contribution is -0.140. The quantitative estimate of drug-likeness (QED) is 0.560. The van der Waals surface area contributed by atoms with Crippen molar-refractivity contribution in [3.8, 4) is 0 Å². The Morgan fingerprint density at radius 3 is 2.86 bits per heavy atom. The van der Waals surface area contributed by atoms with E-state index in [0.717, 1.165) is 54.2 Å². The number of thiazole rings is 1. The van der Waals surface area contributed by atoms with Gasteiger partial charge in [0.1, 0.15) is 12.4 Å². The minimum absolute atomic E-state index is 0.394. The Hall–Kier alpha value is -2.17. The number of fused-ring (bicyclic) bond motifs is 1. The predicted molar refractivity (Wildman–Crippen MR) is 101 cm³/mol. The van der Waals surface area contributed by atoms with Gasteiger partial charge in [0.2, 0.25) is 0 Å². The third-order valence-electron chi connectivity index (χ3n) is 4.38. The number of alkyl halides is 3. The van der Waals surface area contributed by atoms with Gasteiger partial charge in [-0.1, -0.05) is 6.42 Å². The number of halogens is 3. The summed E-state index contributed by atoms with van der Waals surface area (Å²) < 4.78 is 40.0. The zero-order valence-corrected chi connectivity index (χ0v) is 16.5. The molecule has 28 heavy (non-hydrogen) atoms. The third kappa shape index (κ3) is 5.43. The van der Waals surface area contributed by atoms with Gasteiger partial charge in [0.25, 0.3) is 0 Å². The lowest BCUT2D eigenvalue weighted by Crippen LogP contribution is -2.38. The monoisotopic (exact) mass is 415 g/mol. The van der Waals surface area contributed by atoms with E-state index in [9.17, 15) is 13.2 Å². The summed E-state index contributed by atoms with van der Waals surface area (Å²) in [6, 6.07) is 0. The molecule has 154 valence electrons. The number of aliphatic imine (C=N–C) groups is 1. The molecule has 0 bridgehead atoms. The first-order valence-corrected chi connectivity index (χ1v) is 10.3. The summed E-state index contributed by atoms with van der Waals surface area (Å²) in [7, 11) is 0. The number of hydrogen-bond donors (Lipinski definition) is 2. The average molecular weight is 415 g/mol. The zero-order valence-electron chi connectivity index (χ0n) is 15.7. The van der Waals surface area contributed by atoms with E-state index >= 15 is 0 Å². The van der Waals surface area contributed by atoms with Crippen molar-refractivity contribution in [2.24, 2.45) is 4.99 Å². The number of nitrogens with zero attached hydrogens (tertiary/aromatic N) is 5. The summed E-state index contributed by atoms with van der Waals surface area (Å²) in [5.74, 6) is 2.45. The first-order chi connectivity index (χ1) is 13.5. The lowest BCUT2D eigenvalue weighted by atomic mass is 10.2. The Morgan fingerprint density at radius 2 is 2.11 bits per heavy atom. The van der Waals surface area contributed by atoms with Crippen LogP contribution in [-0.4, -0.2) is 38.8 Å². The molecule has 0 atom stereocenters. The van der Waals surface area contributed by atoms with Crippen LogP contribution in [0.25, 0.3) is 0 Å². The van der Waals surface area contributed by atoms with Crippen LogP contribution < -0.4 is 10.6 Å². The molecule has 0 fully saturated rings. The van der Waals surface area contributed by atoms with Gasteiger partial charge in [-0.15, -0.1) is 21.5 Å². The topological polar surface area (TPSA) is 80.0 Å². The highest BCUT2D eigenvalue weighted by molar-refractivity contribution is 7.09. The molecule has 0 aliphatic carbocycles. The van der Waals surface area contributed by atoms with Gasteiger partial charge in [0.15, 0.2) is 17.5 Å². The fraction of sp³-hybridized carbons (Fsp3) is 0.647. The highest BCUT2D eigenvalue weighted by Gasteiger charge is 2.33. The van der Waals surface area contributed by atoms with E-state index in [4.69, 9.17) is 0 Å². The van der Waals surface area contributed by atoms with Gasteiger partial charge in [-0.05, 0) is 19.8 Å². The number of guanidine groups is 1. The van der Waals surface area contributed by atoms with E-state index in [0.29, 0.717) is 37.0 Å². The van der Waals surface area contributed by atoms with Crippen LogP contribution >= 0.6 is 11.3 Å². The second kappa shape index (κ2) is 9.35. The van der Waals surface area contributed by atoms with Crippen molar-refractivity contribution in [1.82, 2.24) is 30.4 Å². The van der Waals surface area contributed by atoms with Gasteiger partial charge in [-0.3, -0.25) is 0 Å². The standard InChI is InChI=1S/C17H24F3N7S/c1-2-21-16(22-8-7-15-24-12(11-28-15)17(18,19)20)23-10-14-26-25-13-6-4-3-5-9-27(13)14/h11H,2-10H2,1H3,(H2,21,22,23). The van der Waals surface area contributed by atoms with Crippen molar-refractivity contribution in [2.45, 2.75) is 58.3 Å². The number of rotatable bonds is 6. The number of aromatic nitrogens is 4. The van der Waals surface area contributed by atoms with Crippen LogP contribution in [0.1, 0.15) is 48.5 Å². The van der Waals surface area contributed by atoms with Crippen molar-refractivity contribution < 1.29 is 13.2 Å². The lowest BCUT2D eigenvalue weighted by Gasteiger charge is -2.11. The van der Waals surface area contributed by atoms with Crippen molar-refractivity contribution in [1.29, 1.82) is 0 Å². The maximum Gasteiger partial charge on any atom is 0.434 e. The highest BCUT2D eigenvalue weighted by Crippen LogP contribution is 2.30. The maximum atomic E-state index is 12.6. The molecule has 0 spiro atoms. The van der Waals surface area contributed by atoms with Crippen molar-refractivity contribution in [3.05, 3.63) is 27.7 Å². The van der Waals surface area contributed by atoms with E-state index in [1.165, 1.54) is 6.42 Å². The van der Waals surface area contributed by atoms with Crippen molar-refractivity contribution in [2.75, 3.05) is 13.1 Å². The summed E-state index contributed by atoms with van der Waals surface area (Å²) in [5, 5.41) is 16.3. The summed E-state index contributed by atoms with van der Waals surface area (Å²) in [4.78, 5) is 8.18. The maximum absolute atomic E-state index is 12.6. The molecule has 0 amide bonds. The van der Waals surface area contributed by atoms with Gasteiger partial charge in [0.05, 0.1) is 5.01 Å². The largest absolute Gasteiger partial charge is 0.434 e. The Kier molecular flexibility index (Phi) is 6.87. The third-order valence-corrected chi connectivity index (χ3v) is 5.29. The van der Waals surface area contributed by atoms with Gasteiger partial charge >= 0.3 is 6.18 Å². The normalized spacial score (nSPS) is 15.2. The van der Waals surface area contributed by atoms with E-state index in [1.54, 1.807) is 0 Å². The van der Waals surface area contributed by atoms with E-state index in [1.807, 2.05) is 6.92 Å². The first-order valence-electron chi connectivity index (χ1n) is 9.42. The van der Waals surface area contributed by atoms with Crippen LogP contribution in [0.15, 0.2) is 10.4 Å². The molecular formula is C17H24F3N7S. The van der Waals surface area contributed by atoms with Crippen LogP contribution in [-0.2, 0) is 32.1 Å². The molecule has 0 radical (unpaired) electrons. The van der Waals surface area contributed by atoms with E-state index in [-0.39, 0.29) is 0 Å². The molecular weight excluding hydrogens is 391 g/mol. The van der Waals surface area contributed by atoms with Crippen LogP contribution in [0.4, 0.5) is 13.2 Å². The Morgan fingerprint density at radius 1 is 1.25 bits per heavy atom. The molecule has 2 N–H and O–H groups in total. The summed E-state index contributed by atoms with van der Waals surface area (Å²) >= 11 is 1.02. The molecule has 0 unspecified atom stereocenters. The molecule has 0 saturated heterocycles. The molecule has 7 nitrogen and oxygen atoms in total. The molecule has 11 heteroatoms. The number of hydrogen-bond acceptors (Lipinski definition) is 5. The Labute approximate surface area is 165 Å². The minimum Gasteiger partial charge on any atom is -0.357 e. The van der Waals surface area contributed by atoms with Crippen LogP contribution in [0, 0.1) is 0 Å². The molecule has 2 aromatic rings. The molecule has 0 aromatic carbocycles. The summed E-state index contributed by atoms with van der Waals surface area (Å²) in [6.07, 6.45) is 0.401. The summed E-state index contributed by atoms with van der Waals surface area (Å²) in [6.45, 7) is 4.39.